The van der Waals surface area contributed by atoms with Gasteiger partial charge in [0.05, 0.1) is 5.69 Å². The van der Waals surface area contributed by atoms with E-state index in [9.17, 15) is 4.79 Å². The lowest BCUT2D eigenvalue weighted by molar-refractivity contribution is 0.335. The van der Waals surface area contributed by atoms with Gasteiger partial charge in [-0.2, -0.15) is 0 Å². The van der Waals surface area contributed by atoms with E-state index >= 15 is 0 Å². The number of fused-ring (bicyclic) bond motifs is 1. The fourth-order valence-corrected chi connectivity index (χ4v) is 5.49. The summed E-state index contributed by atoms with van der Waals surface area (Å²) in [5.41, 5.74) is 0.767. The molecular formula is C19H25N5OS2. The molecule has 8 heteroatoms. The minimum atomic E-state index is -0.0259. The summed E-state index contributed by atoms with van der Waals surface area (Å²) >= 11 is 3.09. The molecule has 1 aliphatic carbocycles. The third-order valence-electron chi connectivity index (χ3n) is 5.32. The van der Waals surface area contributed by atoms with Crippen LogP contribution < -0.4 is 5.56 Å². The van der Waals surface area contributed by atoms with Crippen molar-refractivity contribution in [3.8, 4) is 0 Å². The van der Waals surface area contributed by atoms with Crippen LogP contribution in [0.5, 0.6) is 0 Å². The molecule has 3 heterocycles. The maximum atomic E-state index is 12.1. The van der Waals surface area contributed by atoms with Gasteiger partial charge >= 0.3 is 0 Å². The van der Waals surface area contributed by atoms with Crippen LogP contribution in [0.15, 0.2) is 27.6 Å². The van der Waals surface area contributed by atoms with Gasteiger partial charge in [0.1, 0.15) is 5.82 Å². The second kappa shape index (κ2) is 8.56. The van der Waals surface area contributed by atoms with Crippen LogP contribution in [0, 0.1) is 5.92 Å². The first-order valence-corrected chi connectivity index (χ1v) is 11.6. The molecule has 4 rings (SSSR count). The van der Waals surface area contributed by atoms with E-state index in [1.807, 2.05) is 5.38 Å². The quantitative estimate of drug-likeness (QED) is 0.554. The number of rotatable bonds is 7. The monoisotopic (exact) mass is 403 g/mol. The van der Waals surface area contributed by atoms with Gasteiger partial charge in [-0.05, 0) is 19.3 Å². The molecule has 0 N–H and O–H groups in total. The summed E-state index contributed by atoms with van der Waals surface area (Å²) < 4.78 is 3.79. The molecule has 0 amide bonds. The van der Waals surface area contributed by atoms with Crippen molar-refractivity contribution in [2.45, 2.75) is 69.3 Å². The largest absolute Gasteiger partial charge is 0.306 e. The van der Waals surface area contributed by atoms with E-state index in [2.05, 4.69) is 26.7 Å². The van der Waals surface area contributed by atoms with E-state index in [-0.39, 0.29) is 5.56 Å². The van der Waals surface area contributed by atoms with E-state index in [1.54, 1.807) is 28.4 Å². The van der Waals surface area contributed by atoms with Crippen LogP contribution in [0.1, 0.15) is 57.0 Å². The average Bonchev–Trinajstić information content (AvgIpc) is 3.32. The molecule has 0 bridgehead atoms. The van der Waals surface area contributed by atoms with E-state index in [0.717, 1.165) is 40.5 Å². The molecule has 27 heavy (non-hydrogen) atoms. The van der Waals surface area contributed by atoms with Gasteiger partial charge in [0, 0.05) is 36.4 Å². The van der Waals surface area contributed by atoms with E-state index in [1.165, 1.54) is 49.9 Å². The van der Waals surface area contributed by atoms with Crippen molar-refractivity contribution in [2.75, 3.05) is 0 Å². The van der Waals surface area contributed by atoms with Crippen LogP contribution in [0.25, 0.3) is 4.96 Å². The first kappa shape index (κ1) is 18.7. The summed E-state index contributed by atoms with van der Waals surface area (Å²) in [5.74, 6) is 2.57. The number of hydrogen-bond donors (Lipinski definition) is 0. The van der Waals surface area contributed by atoms with Crippen LogP contribution in [-0.2, 0) is 18.7 Å². The molecule has 6 nitrogen and oxygen atoms in total. The zero-order valence-corrected chi connectivity index (χ0v) is 17.3. The normalized spacial score (nSPS) is 15.6. The number of hydrogen-bond acceptors (Lipinski definition) is 6. The molecule has 0 spiro atoms. The molecule has 0 aromatic carbocycles. The molecule has 0 saturated heterocycles. The fraction of sp³-hybridized carbons (Fsp3) is 0.579. The van der Waals surface area contributed by atoms with Crippen molar-refractivity contribution in [3.05, 3.63) is 39.5 Å². The first-order valence-electron chi connectivity index (χ1n) is 9.75. The molecule has 3 aromatic rings. The van der Waals surface area contributed by atoms with E-state index in [0.29, 0.717) is 5.75 Å². The molecule has 0 aliphatic heterocycles. The minimum absolute atomic E-state index is 0.0259. The number of thioether (sulfide) groups is 1. The molecule has 0 radical (unpaired) electrons. The van der Waals surface area contributed by atoms with Crippen molar-refractivity contribution in [3.63, 3.8) is 0 Å². The standard InChI is InChI=1S/C19H25N5OS2/c1-2-23-16(9-8-14-6-4-3-5-7-14)21-22-19(23)27-13-15-12-17(25)24-10-11-26-18(24)20-15/h10-12,14H,2-9,13H2,1H3. The zero-order valence-electron chi connectivity index (χ0n) is 15.6. The molecular weight excluding hydrogens is 378 g/mol. The molecule has 3 aromatic heterocycles. The fourth-order valence-electron chi connectivity index (χ4n) is 3.84. The Hall–Kier alpha value is -1.67. The zero-order chi connectivity index (χ0) is 18.6. The van der Waals surface area contributed by atoms with E-state index in [4.69, 9.17) is 0 Å². The van der Waals surface area contributed by atoms with Gasteiger partial charge in [0.25, 0.3) is 5.56 Å². The van der Waals surface area contributed by atoms with Crippen molar-refractivity contribution in [1.82, 2.24) is 24.1 Å². The average molecular weight is 404 g/mol. The minimum Gasteiger partial charge on any atom is -0.306 e. The SMILES string of the molecule is CCn1c(CCC2CCCCC2)nnc1SCc1cc(=O)n2ccsc2n1. The Kier molecular flexibility index (Phi) is 5.92. The molecule has 0 atom stereocenters. The lowest BCUT2D eigenvalue weighted by Crippen LogP contribution is -2.12. The third-order valence-corrected chi connectivity index (χ3v) is 7.07. The summed E-state index contributed by atoms with van der Waals surface area (Å²) in [6, 6.07) is 1.61. The highest BCUT2D eigenvalue weighted by molar-refractivity contribution is 7.98. The highest BCUT2D eigenvalue weighted by Gasteiger charge is 2.17. The Bertz CT molecular complexity index is 955. The van der Waals surface area contributed by atoms with Crippen molar-refractivity contribution in [2.24, 2.45) is 5.92 Å². The summed E-state index contributed by atoms with van der Waals surface area (Å²) in [5, 5.41) is 11.7. The van der Waals surface area contributed by atoms with Gasteiger partial charge in [-0.1, -0.05) is 43.9 Å². The smallest absolute Gasteiger partial charge is 0.258 e. The topological polar surface area (TPSA) is 65.1 Å². The summed E-state index contributed by atoms with van der Waals surface area (Å²) in [6.07, 6.45) is 10.9. The van der Waals surface area contributed by atoms with Crippen LogP contribution in [0.4, 0.5) is 0 Å². The van der Waals surface area contributed by atoms with Gasteiger partial charge in [0.15, 0.2) is 10.1 Å². The predicted octanol–water partition coefficient (Wildman–Crippen LogP) is 4.17. The Morgan fingerprint density at radius 2 is 2.11 bits per heavy atom. The predicted molar refractivity (Wildman–Crippen MR) is 109 cm³/mol. The lowest BCUT2D eigenvalue weighted by Gasteiger charge is -2.21. The van der Waals surface area contributed by atoms with Crippen molar-refractivity contribution < 1.29 is 0 Å². The second-order valence-electron chi connectivity index (χ2n) is 7.12. The first-order chi connectivity index (χ1) is 13.2. The maximum absolute atomic E-state index is 12.1. The molecule has 1 saturated carbocycles. The third kappa shape index (κ3) is 4.27. The van der Waals surface area contributed by atoms with Crippen molar-refractivity contribution >= 4 is 28.1 Å². The van der Waals surface area contributed by atoms with Crippen LogP contribution in [0.3, 0.4) is 0 Å². The Morgan fingerprint density at radius 3 is 2.93 bits per heavy atom. The van der Waals surface area contributed by atoms with Gasteiger partial charge in [-0.25, -0.2) is 4.98 Å². The number of nitrogens with zero attached hydrogens (tertiary/aromatic N) is 5. The molecule has 1 aliphatic rings. The van der Waals surface area contributed by atoms with Crippen LogP contribution >= 0.6 is 23.1 Å². The van der Waals surface area contributed by atoms with Crippen LogP contribution in [0.2, 0.25) is 0 Å². The highest BCUT2D eigenvalue weighted by Crippen LogP contribution is 2.28. The Balaban J connectivity index is 1.42. The van der Waals surface area contributed by atoms with Crippen molar-refractivity contribution in [1.29, 1.82) is 0 Å². The summed E-state index contributed by atoms with van der Waals surface area (Å²) in [6.45, 7) is 3.01. The van der Waals surface area contributed by atoms with Gasteiger partial charge in [0.2, 0.25) is 0 Å². The van der Waals surface area contributed by atoms with Crippen LogP contribution in [-0.4, -0.2) is 24.1 Å². The molecule has 0 unspecified atom stereocenters. The van der Waals surface area contributed by atoms with Gasteiger partial charge in [-0.3, -0.25) is 9.20 Å². The number of aryl methyl sites for hydroxylation is 1. The second-order valence-corrected chi connectivity index (χ2v) is 8.93. The highest BCUT2D eigenvalue weighted by atomic mass is 32.2. The Labute approximate surface area is 167 Å². The van der Waals surface area contributed by atoms with E-state index < -0.39 is 0 Å². The van der Waals surface area contributed by atoms with Gasteiger partial charge in [-0.15, -0.1) is 21.5 Å². The molecule has 144 valence electrons. The Morgan fingerprint density at radius 1 is 1.26 bits per heavy atom. The number of aromatic nitrogens is 5. The van der Waals surface area contributed by atoms with Gasteiger partial charge < -0.3 is 4.57 Å². The number of thiazole rings is 1. The maximum Gasteiger partial charge on any atom is 0.258 e. The summed E-state index contributed by atoms with van der Waals surface area (Å²) in [4.78, 5) is 17.4. The lowest BCUT2D eigenvalue weighted by atomic mass is 9.86. The molecule has 1 fully saturated rings. The summed E-state index contributed by atoms with van der Waals surface area (Å²) in [7, 11) is 0.